The van der Waals surface area contributed by atoms with Crippen LogP contribution in [0.15, 0.2) is 60.7 Å². The molecule has 4 rings (SSSR count). The van der Waals surface area contributed by atoms with Crippen molar-refractivity contribution < 1.29 is 40.6 Å². The van der Waals surface area contributed by atoms with Crippen LogP contribution in [0.1, 0.15) is 64.6 Å². The van der Waals surface area contributed by atoms with Crippen molar-refractivity contribution in [2.45, 2.75) is 45.1 Å². The smallest absolute Gasteiger partial charge is 0.416 e. The van der Waals surface area contributed by atoms with Gasteiger partial charge in [0.2, 0.25) is 0 Å². The lowest BCUT2D eigenvalue weighted by molar-refractivity contribution is -0.138. The van der Waals surface area contributed by atoms with Crippen LogP contribution in [-0.4, -0.2) is 17.6 Å². The van der Waals surface area contributed by atoms with E-state index in [0.29, 0.717) is 30.1 Å². The first-order chi connectivity index (χ1) is 18.0. The standard InChI is InChI=1S/C28H23F6NO3/c1-2-37-26(36)24-15-19(28(32,33)34)14-23(35-24)21-10-6-9-20(21)22-13-18(27(29,30)31)11-12-25(22)38-16-17-7-4-3-5-8-17/h3-5,7-8,11-15H,2,6,9-10,16H2,1H3. The molecule has 1 heterocycles. The number of esters is 1. The fraction of sp³-hybridized carbons (Fsp3) is 0.286. The number of carbonyl (C=O) groups is 1. The van der Waals surface area contributed by atoms with Crippen molar-refractivity contribution in [3.05, 3.63) is 94.3 Å². The van der Waals surface area contributed by atoms with Gasteiger partial charge in [-0.2, -0.15) is 26.3 Å². The zero-order valence-electron chi connectivity index (χ0n) is 20.2. The number of halogens is 6. The summed E-state index contributed by atoms with van der Waals surface area (Å²) in [6, 6.07) is 13.5. The predicted octanol–water partition coefficient (Wildman–Crippen LogP) is 7.97. The van der Waals surface area contributed by atoms with Gasteiger partial charge in [-0.3, -0.25) is 0 Å². The molecular weight excluding hydrogens is 512 g/mol. The Balaban J connectivity index is 1.85. The summed E-state index contributed by atoms with van der Waals surface area (Å²) in [6.07, 6.45) is -8.38. The van der Waals surface area contributed by atoms with Gasteiger partial charge >= 0.3 is 18.3 Å². The lowest BCUT2D eigenvalue weighted by Gasteiger charge is -2.18. The van der Waals surface area contributed by atoms with E-state index in [-0.39, 0.29) is 36.6 Å². The molecule has 2 aromatic carbocycles. The maximum atomic E-state index is 13.7. The van der Waals surface area contributed by atoms with E-state index in [1.54, 1.807) is 24.3 Å². The molecule has 0 fully saturated rings. The monoisotopic (exact) mass is 535 g/mol. The zero-order valence-corrected chi connectivity index (χ0v) is 20.2. The average Bonchev–Trinajstić information content (AvgIpc) is 3.37. The topological polar surface area (TPSA) is 48.4 Å². The summed E-state index contributed by atoms with van der Waals surface area (Å²) in [4.78, 5) is 16.4. The van der Waals surface area contributed by atoms with Gasteiger partial charge in [-0.1, -0.05) is 30.3 Å². The highest BCUT2D eigenvalue weighted by atomic mass is 19.4. The third-order valence-electron chi connectivity index (χ3n) is 6.03. The van der Waals surface area contributed by atoms with E-state index in [1.807, 2.05) is 6.07 Å². The first kappa shape index (κ1) is 27.2. The first-order valence-corrected chi connectivity index (χ1v) is 11.8. The number of nitrogens with zero attached hydrogens (tertiary/aromatic N) is 1. The van der Waals surface area contributed by atoms with Gasteiger partial charge in [0.05, 0.1) is 23.4 Å². The van der Waals surface area contributed by atoms with Crippen LogP contribution < -0.4 is 4.74 Å². The van der Waals surface area contributed by atoms with E-state index >= 15 is 0 Å². The summed E-state index contributed by atoms with van der Waals surface area (Å²) in [7, 11) is 0. The highest BCUT2D eigenvalue weighted by Crippen LogP contribution is 2.45. The van der Waals surface area contributed by atoms with Gasteiger partial charge in [0.25, 0.3) is 0 Å². The van der Waals surface area contributed by atoms with Crippen molar-refractivity contribution in [2.24, 2.45) is 0 Å². The second-order valence-corrected chi connectivity index (χ2v) is 8.64. The molecule has 0 aliphatic heterocycles. The molecule has 1 aromatic heterocycles. The molecule has 1 aliphatic rings. The minimum atomic E-state index is -4.78. The molecule has 0 saturated heterocycles. The Morgan fingerprint density at radius 1 is 0.868 bits per heavy atom. The molecule has 0 spiro atoms. The van der Waals surface area contributed by atoms with Gasteiger partial charge in [0.1, 0.15) is 18.1 Å². The van der Waals surface area contributed by atoms with E-state index in [4.69, 9.17) is 9.47 Å². The third kappa shape index (κ3) is 6.17. The lowest BCUT2D eigenvalue weighted by Crippen LogP contribution is -2.13. The Hall–Kier alpha value is -3.82. The molecule has 4 nitrogen and oxygen atoms in total. The van der Waals surface area contributed by atoms with Crippen LogP contribution in [0, 0.1) is 0 Å². The normalized spacial score (nSPS) is 14.1. The van der Waals surface area contributed by atoms with E-state index in [9.17, 15) is 31.1 Å². The molecule has 0 radical (unpaired) electrons. The van der Waals surface area contributed by atoms with Crippen LogP contribution in [0.2, 0.25) is 0 Å². The number of allylic oxidation sites excluding steroid dienone is 2. The predicted molar refractivity (Wildman–Crippen MR) is 128 cm³/mol. The fourth-order valence-electron chi connectivity index (χ4n) is 4.29. The molecule has 0 atom stereocenters. The van der Waals surface area contributed by atoms with Crippen LogP contribution in [0.25, 0.3) is 11.1 Å². The molecular formula is C28H23F6NO3. The first-order valence-electron chi connectivity index (χ1n) is 11.8. The van der Waals surface area contributed by atoms with E-state index in [2.05, 4.69) is 4.98 Å². The van der Waals surface area contributed by atoms with Gasteiger partial charge in [-0.25, -0.2) is 9.78 Å². The molecule has 200 valence electrons. The minimum absolute atomic E-state index is 0.0631. The van der Waals surface area contributed by atoms with Crippen molar-refractivity contribution in [3.63, 3.8) is 0 Å². The molecule has 0 unspecified atom stereocenters. The summed E-state index contributed by atoms with van der Waals surface area (Å²) in [5.41, 5.74) is -1.05. The number of ether oxygens (including phenoxy) is 2. The third-order valence-corrected chi connectivity index (χ3v) is 6.03. The highest BCUT2D eigenvalue weighted by Gasteiger charge is 2.35. The molecule has 1 aliphatic carbocycles. The second-order valence-electron chi connectivity index (χ2n) is 8.64. The maximum absolute atomic E-state index is 13.7. The summed E-state index contributed by atoms with van der Waals surface area (Å²) in [5, 5.41) is 0. The van der Waals surface area contributed by atoms with Crippen molar-refractivity contribution in [1.82, 2.24) is 4.98 Å². The quantitative estimate of drug-likeness (QED) is 0.227. The van der Waals surface area contributed by atoms with Crippen molar-refractivity contribution in [1.29, 1.82) is 0 Å². The van der Waals surface area contributed by atoms with Gasteiger partial charge in [-0.05, 0) is 73.2 Å². The molecule has 0 N–H and O–H groups in total. The molecule has 0 amide bonds. The van der Waals surface area contributed by atoms with Crippen LogP contribution >= 0.6 is 0 Å². The highest BCUT2D eigenvalue weighted by molar-refractivity contribution is 5.95. The van der Waals surface area contributed by atoms with Crippen molar-refractivity contribution >= 4 is 17.1 Å². The minimum Gasteiger partial charge on any atom is -0.488 e. The average molecular weight is 535 g/mol. The summed E-state index contributed by atoms with van der Waals surface area (Å²) < 4.78 is 92.6. The number of pyridine rings is 1. The number of hydrogen-bond acceptors (Lipinski definition) is 4. The Kier molecular flexibility index (Phi) is 7.80. The van der Waals surface area contributed by atoms with Gasteiger partial charge in [0, 0.05) is 5.56 Å². The Morgan fingerprint density at radius 3 is 2.21 bits per heavy atom. The van der Waals surface area contributed by atoms with Crippen molar-refractivity contribution in [2.75, 3.05) is 6.61 Å². The van der Waals surface area contributed by atoms with E-state index < -0.39 is 35.1 Å². The Labute approximate surface area is 214 Å². The Bertz CT molecular complexity index is 1350. The zero-order chi connectivity index (χ0) is 27.5. The molecule has 10 heteroatoms. The molecule has 38 heavy (non-hydrogen) atoms. The number of rotatable bonds is 7. The van der Waals surface area contributed by atoms with Gasteiger partial charge in [-0.15, -0.1) is 0 Å². The summed E-state index contributed by atoms with van der Waals surface area (Å²) in [6.45, 7) is 1.53. The molecule has 0 saturated carbocycles. The van der Waals surface area contributed by atoms with Gasteiger partial charge < -0.3 is 9.47 Å². The Morgan fingerprint density at radius 2 is 1.55 bits per heavy atom. The number of benzene rings is 2. The van der Waals surface area contributed by atoms with Gasteiger partial charge in [0.15, 0.2) is 0 Å². The van der Waals surface area contributed by atoms with Crippen LogP contribution in [0.5, 0.6) is 5.75 Å². The van der Waals surface area contributed by atoms with Crippen molar-refractivity contribution in [3.8, 4) is 5.75 Å². The van der Waals surface area contributed by atoms with Crippen LogP contribution in [-0.2, 0) is 23.7 Å². The summed E-state index contributed by atoms with van der Waals surface area (Å²) in [5.74, 6) is -0.861. The van der Waals surface area contributed by atoms with Crippen LogP contribution in [0.3, 0.4) is 0 Å². The second kappa shape index (κ2) is 10.9. The molecule has 3 aromatic rings. The SMILES string of the molecule is CCOC(=O)c1cc(C(F)(F)F)cc(C2=C(c3cc(C(F)(F)F)ccc3OCc3ccccc3)CCC2)n1. The van der Waals surface area contributed by atoms with Crippen LogP contribution in [0.4, 0.5) is 26.3 Å². The number of alkyl halides is 6. The molecule has 0 bridgehead atoms. The van der Waals surface area contributed by atoms with E-state index in [1.165, 1.54) is 13.0 Å². The van der Waals surface area contributed by atoms with E-state index in [0.717, 1.165) is 23.8 Å². The largest absolute Gasteiger partial charge is 0.488 e. The fourth-order valence-corrected chi connectivity index (χ4v) is 4.29. The lowest BCUT2D eigenvalue weighted by atomic mass is 9.96. The maximum Gasteiger partial charge on any atom is 0.416 e. The summed E-state index contributed by atoms with van der Waals surface area (Å²) >= 11 is 0. The number of aromatic nitrogens is 1. The number of carbonyl (C=O) groups excluding carboxylic acids is 1. The number of hydrogen-bond donors (Lipinski definition) is 0.